The number of benzene rings is 3. The van der Waals surface area contributed by atoms with Gasteiger partial charge in [-0.2, -0.15) is 0 Å². The van der Waals surface area contributed by atoms with Crippen molar-refractivity contribution in [1.82, 2.24) is 0 Å². The normalized spacial score (nSPS) is 10.8. The average molecular weight is 377 g/mol. The van der Waals surface area contributed by atoms with Crippen LogP contribution in [-0.2, 0) is 0 Å². The van der Waals surface area contributed by atoms with Gasteiger partial charge in [0.2, 0.25) is 0 Å². The van der Waals surface area contributed by atoms with Crippen LogP contribution in [0.25, 0.3) is 21.5 Å². The van der Waals surface area contributed by atoms with Crippen LogP contribution in [0.5, 0.6) is 23.0 Å². The summed E-state index contributed by atoms with van der Waals surface area (Å²) in [5, 5.41) is 4.20. The van der Waals surface area contributed by atoms with E-state index in [-0.39, 0.29) is 0 Å². The fraction of sp³-hybridized carbons (Fsp3) is 0.222. The molecule has 3 aromatic rings. The zero-order valence-electron chi connectivity index (χ0n) is 13.4. The summed E-state index contributed by atoms with van der Waals surface area (Å²) in [6.07, 6.45) is 0. The maximum atomic E-state index is 5.44. The molecule has 0 aliphatic rings. The molecule has 0 atom stereocenters. The largest absolute Gasteiger partial charge is 0.493 e. The summed E-state index contributed by atoms with van der Waals surface area (Å²) < 4.78 is 22.6. The molecule has 0 spiro atoms. The smallest absolute Gasteiger partial charge is 0.161 e. The first-order valence-corrected chi connectivity index (χ1v) is 7.82. The Kier molecular flexibility index (Phi) is 4.22. The molecule has 0 aliphatic heterocycles. The fourth-order valence-electron chi connectivity index (χ4n) is 2.76. The first-order valence-electron chi connectivity index (χ1n) is 7.03. The first-order chi connectivity index (χ1) is 11.1. The monoisotopic (exact) mass is 376 g/mol. The van der Waals surface area contributed by atoms with Crippen LogP contribution in [0.3, 0.4) is 0 Å². The van der Waals surface area contributed by atoms with E-state index in [0.717, 1.165) is 26.0 Å². The maximum Gasteiger partial charge on any atom is 0.161 e. The summed E-state index contributed by atoms with van der Waals surface area (Å²) in [4.78, 5) is 0. The number of hydrogen-bond acceptors (Lipinski definition) is 4. The molecule has 0 bridgehead atoms. The highest BCUT2D eigenvalue weighted by Gasteiger charge is 2.14. The van der Waals surface area contributed by atoms with Crippen LogP contribution >= 0.6 is 15.9 Å². The zero-order valence-corrected chi connectivity index (χ0v) is 15.0. The van der Waals surface area contributed by atoms with Crippen molar-refractivity contribution >= 4 is 37.5 Å². The van der Waals surface area contributed by atoms with Gasteiger partial charge in [-0.3, -0.25) is 0 Å². The summed E-state index contributed by atoms with van der Waals surface area (Å²) in [7, 11) is 6.53. The lowest BCUT2D eigenvalue weighted by Gasteiger charge is -2.14. The zero-order chi connectivity index (χ0) is 16.6. The van der Waals surface area contributed by atoms with Gasteiger partial charge >= 0.3 is 0 Å². The third kappa shape index (κ3) is 2.55. The highest BCUT2D eigenvalue weighted by Crippen LogP contribution is 2.42. The van der Waals surface area contributed by atoms with Crippen LogP contribution in [0.15, 0.2) is 34.8 Å². The van der Waals surface area contributed by atoms with E-state index >= 15 is 0 Å². The average Bonchev–Trinajstić information content (AvgIpc) is 2.59. The number of hydrogen-bond donors (Lipinski definition) is 0. The molecule has 0 aliphatic carbocycles. The van der Waals surface area contributed by atoms with E-state index in [4.69, 9.17) is 18.9 Å². The van der Waals surface area contributed by atoms with Crippen molar-refractivity contribution in [3.8, 4) is 23.0 Å². The Bertz CT molecular complexity index is 889. The van der Waals surface area contributed by atoms with Gasteiger partial charge in [0, 0.05) is 9.86 Å². The summed E-state index contributed by atoms with van der Waals surface area (Å²) in [6.45, 7) is 0. The Morgan fingerprint density at radius 1 is 0.565 bits per heavy atom. The maximum absolute atomic E-state index is 5.44. The summed E-state index contributed by atoms with van der Waals surface area (Å²) in [5.74, 6) is 2.78. The van der Waals surface area contributed by atoms with Gasteiger partial charge in [-0.1, -0.05) is 15.9 Å². The van der Waals surface area contributed by atoms with E-state index in [1.807, 2.05) is 24.3 Å². The van der Waals surface area contributed by atoms with Crippen molar-refractivity contribution in [2.45, 2.75) is 0 Å². The Hall–Kier alpha value is -2.14. The molecule has 0 aromatic heterocycles. The van der Waals surface area contributed by atoms with E-state index < -0.39 is 0 Å². The Balaban J connectivity index is 2.45. The molecule has 5 heteroatoms. The molecule has 0 fully saturated rings. The molecule has 0 heterocycles. The molecule has 0 saturated heterocycles. The SMILES string of the molecule is COc1cc2cc(Br)c3cc(OC)c(OC)cc3c2cc1OC. The first kappa shape index (κ1) is 15.7. The van der Waals surface area contributed by atoms with Crippen molar-refractivity contribution in [2.75, 3.05) is 28.4 Å². The van der Waals surface area contributed by atoms with Crippen LogP contribution < -0.4 is 18.9 Å². The molecule has 4 nitrogen and oxygen atoms in total. The second-order valence-electron chi connectivity index (χ2n) is 5.04. The molecule has 0 unspecified atom stereocenters. The van der Waals surface area contributed by atoms with Crippen LogP contribution in [0.2, 0.25) is 0 Å². The minimum Gasteiger partial charge on any atom is -0.493 e. The van der Waals surface area contributed by atoms with Gasteiger partial charge in [-0.05, 0) is 46.5 Å². The summed E-state index contributed by atoms with van der Waals surface area (Å²) in [5.41, 5.74) is 0. The standard InChI is InChI=1S/C18H17BrO4/c1-20-15-6-10-5-14(19)13-9-18(23-4)17(22-3)8-12(13)11(10)7-16(15)21-2/h5-9H,1-4H3. The Morgan fingerprint density at radius 2 is 1.00 bits per heavy atom. The van der Waals surface area contributed by atoms with Gasteiger partial charge in [0.1, 0.15) is 0 Å². The lowest BCUT2D eigenvalue weighted by atomic mass is 10.0. The fourth-order valence-corrected chi connectivity index (χ4v) is 3.34. The summed E-state index contributed by atoms with van der Waals surface area (Å²) >= 11 is 3.64. The minimum atomic E-state index is 0.689. The van der Waals surface area contributed by atoms with Gasteiger partial charge in [-0.25, -0.2) is 0 Å². The predicted molar refractivity (Wildman–Crippen MR) is 95.4 cm³/mol. The van der Waals surface area contributed by atoms with E-state index in [1.54, 1.807) is 28.4 Å². The molecular weight excluding hydrogens is 360 g/mol. The molecule has 0 radical (unpaired) electrons. The molecular formula is C18H17BrO4. The Labute approximate surface area is 143 Å². The predicted octanol–water partition coefficient (Wildman–Crippen LogP) is 4.79. The molecule has 3 rings (SSSR count). The van der Waals surface area contributed by atoms with Gasteiger partial charge in [0.15, 0.2) is 23.0 Å². The number of ether oxygens (including phenoxy) is 4. The highest BCUT2D eigenvalue weighted by atomic mass is 79.9. The van der Waals surface area contributed by atoms with Crippen molar-refractivity contribution in [3.63, 3.8) is 0 Å². The molecule has 0 N–H and O–H groups in total. The van der Waals surface area contributed by atoms with Gasteiger partial charge in [-0.15, -0.1) is 0 Å². The second kappa shape index (κ2) is 6.16. The van der Waals surface area contributed by atoms with Crippen LogP contribution in [0, 0.1) is 0 Å². The van der Waals surface area contributed by atoms with Crippen molar-refractivity contribution < 1.29 is 18.9 Å². The van der Waals surface area contributed by atoms with Crippen molar-refractivity contribution in [2.24, 2.45) is 0 Å². The van der Waals surface area contributed by atoms with E-state index in [2.05, 4.69) is 22.0 Å². The highest BCUT2D eigenvalue weighted by molar-refractivity contribution is 9.10. The molecule has 0 saturated carbocycles. The molecule has 23 heavy (non-hydrogen) atoms. The van der Waals surface area contributed by atoms with Crippen LogP contribution in [0.4, 0.5) is 0 Å². The third-order valence-electron chi connectivity index (χ3n) is 3.91. The van der Waals surface area contributed by atoms with Gasteiger partial charge in [0.05, 0.1) is 28.4 Å². The topological polar surface area (TPSA) is 36.9 Å². The minimum absolute atomic E-state index is 0.689. The van der Waals surface area contributed by atoms with Crippen LogP contribution in [-0.4, -0.2) is 28.4 Å². The van der Waals surface area contributed by atoms with Crippen molar-refractivity contribution in [1.29, 1.82) is 0 Å². The van der Waals surface area contributed by atoms with E-state index in [1.165, 1.54) is 0 Å². The van der Waals surface area contributed by atoms with Gasteiger partial charge < -0.3 is 18.9 Å². The molecule has 3 aromatic carbocycles. The number of methoxy groups -OCH3 is 4. The lowest BCUT2D eigenvalue weighted by molar-refractivity contribution is 0.355. The quantitative estimate of drug-likeness (QED) is 0.613. The lowest BCUT2D eigenvalue weighted by Crippen LogP contribution is -1.93. The van der Waals surface area contributed by atoms with Gasteiger partial charge in [0.25, 0.3) is 0 Å². The van der Waals surface area contributed by atoms with Crippen LogP contribution in [0.1, 0.15) is 0 Å². The second-order valence-corrected chi connectivity index (χ2v) is 5.89. The molecule has 0 amide bonds. The molecule has 120 valence electrons. The number of halogens is 1. The number of fused-ring (bicyclic) bond motifs is 3. The van der Waals surface area contributed by atoms with E-state index in [9.17, 15) is 0 Å². The number of rotatable bonds is 4. The Morgan fingerprint density at radius 3 is 1.52 bits per heavy atom. The van der Waals surface area contributed by atoms with E-state index in [0.29, 0.717) is 23.0 Å². The third-order valence-corrected chi connectivity index (χ3v) is 4.57. The van der Waals surface area contributed by atoms with Crippen molar-refractivity contribution in [3.05, 3.63) is 34.8 Å². The summed E-state index contributed by atoms with van der Waals surface area (Å²) in [6, 6.07) is 9.96.